The van der Waals surface area contributed by atoms with E-state index in [0.717, 1.165) is 36.2 Å². The predicted octanol–water partition coefficient (Wildman–Crippen LogP) is 1.91. The highest BCUT2D eigenvalue weighted by Gasteiger charge is 2.03. The average Bonchev–Trinajstić information content (AvgIpc) is 2.97. The third kappa shape index (κ3) is 2.69. The minimum atomic E-state index is 0.715. The molecule has 0 bridgehead atoms. The summed E-state index contributed by atoms with van der Waals surface area (Å²) in [6.45, 7) is 1.70. The van der Waals surface area contributed by atoms with Gasteiger partial charge in [0, 0.05) is 36.6 Å². The zero-order valence-corrected chi connectivity index (χ0v) is 11.0. The molecule has 102 valence electrons. The lowest BCUT2D eigenvalue weighted by Gasteiger charge is -2.08. The van der Waals surface area contributed by atoms with Crippen LogP contribution in [0.2, 0.25) is 0 Å². The number of aromatic nitrogens is 4. The van der Waals surface area contributed by atoms with Crippen molar-refractivity contribution in [2.45, 2.75) is 13.0 Å². The van der Waals surface area contributed by atoms with E-state index in [4.69, 9.17) is 5.73 Å². The number of nitrogens with one attached hydrogen (secondary N) is 1. The second kappa shape index (κ2) is 5.56. The molecular formula is C14H16N6. The third-order valence-electron chi connectivity index (χ3n) is 3.08. The normalized spacial score (nSPS) is 10.8. The number of nitrogen functional groups attached to an aromatic ring is 1. The molecule has 2 aromatic heterocycles. The van der Waals surface area contributed by atoms with Crippen molar-refractivity contribution in [1.29, 1.82) is 0 Å². The second-order valence-corrected chi connectivity index (χ2v) is 4.55. The van der Waals surface area contributed by atoms with Gasteiger partial charge in [0.2, 0.25) is 0 Å². The lowest BCUT2D eigenvalue weighted by atomic mass is 10.2. The first-order chi connectivity index (χ1) is 9.83. The van der Waals surface area contributed by atoms with Gasteiger partial charge in [-0.15, -0.1) is 0 Å². The smallest absolute Gasteiger partial charge is 0.137 e. The van der Waals surface area contributed by atoms with Crippen molar-refractivity contribution < 1.29 is 0 Å². The van der Waals surface area contributed by atoms with Gasteiger partial charge in [0.1, 0.15) is 12.1 Å². The van der Waals surface area contributed by atoms with Crippen LogP contribution in [0.25, 0.3) is 10.9 Å². The van der Waals surface area contributed by atoms with Gasteiger partial charge >= 0.3 is 0 Å². The van der Waals surface area contributed by atoms with E-state index in [1.165, 1.54) is 0 Å². The number of rotatable bonds is 5. The van der Waals surface area contributed by atoms with Crippen molar-refractivity contribution in [3.05, 3.63) is 43.0 Å². The molecule has 3 aromatic rings. The third-order valence-corrected chi connectivity index (χ3v) is 3.08. The Morgan fingerprint density at radius 3 is 3.05 bits per heavy atom. The largest absolute Gasteiger partial charge is 0.399 e. The Morgan fingerprint density at radius 2 is 2.20 bits per heavy atom. The summed E-state index contributed by atoms with van der Waals surface area (Å²) >= 11 is 0. The molecule has 0 saturated heterocycles. The molecule has 0 amide bonds. The number of hydrogen-bond donors (Lipinski definition) is 2. The van der Waals surface area contributed by atoms with E-state index in [0.29, 0.717) is 5.69 Å². The van der Waals surface area contributed by atoms with Crippen LogP contribution in [-0.4, -0.2) is 26.3 Å². The molecule has 20 heavy (non-hydrogen) atoms. The van der Waals surface area contributed by atoms with Crippen molar-refractivity contribution in [2.75, 3.05) is 17.6 Å². The summed E-state index contributed by atoms with van der Waals surface area (Å²) < 4.78 is 1.91. The lowest BCUT2D eigenvalue weighted by Crippen LogP contribution is -2.08. The molecule has 1 aromatic carbocycles. The molecule has 0 aliphatic rings. The molecule has 0 fully saturated rings. The maximum absolute atomic E-state index is 5.82. The summed E-state index contributed by atoms with van der Waals surface area (Å²) in [6, 6.07) is 7.57. The zero-order chi connectivity index (χ0) is 13.8. The number of benzene rings is 1. The van der Waals surface area contributed by atoms with Gasteiger partial charge in [0.05, 0.1) is 5.52 Å². The highest BCUT2D eigenvalue weighted by atomic mass is 15.3. The molecule has 0 atom stereocenters. The fourth-order valence-corrected chi connectivity index (χ4v) is 2.10. The summed E-state index contributed by atoms with van der Waals surface area (Å²) in [5.74, 6) is 0.822. The molecule has 3 N–H and O–H groups in total. The van der Waals surface area contributed by atoms with E-state index in [9.17, 15) is 0 Å². The van der Waals surface area contributed by atoms with Crippen LogP contribution in [-0.2, 0) is 6.54 Å². The van der Waals surface area contributed by atoms with E-state index in [1.54, 1.807) is 12.5 Å². The molecule has 6 heteroatoms. The van der Waals surface area contributed by atoms with Crippen LogP contribution in [0.3, 0.4) is 0 Å². The Labute approximate surface area is 116 Å². The van der Waals surface area contributed by atoms with Gasteiger partial charge in [-0.25, -0.2) is 9.97 Å². The van der Waals surface area contributed by atoms with Crippen LogP contribution >= 0.6 is 0 Å². The first-order valence-electron chi connectivity index (χ1n) is 6.54. The van der Waals surface area contributed by atoms with E-state index in [-0.39, 0.29) is 0 Å². The molecule has 0 unspecified atom stereocenters. The van der Waals surface area contributed by atoms with Gasteiger partial charge < -0.3 is 11.1 Å². The van der Waals surface area contributed by atoms with Crippen LogP contribution in [0, 0.1) is 0 Å². The van der Waals surface area contributed by atoms with E-state index in [1.807, 2.05) is 35.1 Å². The van der Waals surface area contributed by atoms with Crippen molar-refractivity contribution >= 4 is 22.4 Å². The lowest BCUT2D eigenvalue weighted by molar-refractivity contribution is 0.591. The molecule has 6 nitrogen and oxygen atoms in total. The Balaban J connectivity index is 1.66. The number of aryl methyl sites for hydroxylation is 1. The maximum atomic E-state index is 5.82. The van der Waals surface area contributed by atoms with Crippen LogP contribution < -0.4 is 11.1 Å². The Kier molecular flexibility index (Phi) is 3.45. The number of anilines is 2. The van der Waals surface area contributed by atoms with Gasteiger partial charge in [-0.05, 0) is 30.7 Å². The van der Waals surface area contributed by atoms with E-state index in [2.05, 4.69) is 20.4 Å². The summed E-state index contributed by atoms with van der Waals surface area (Å²) in [5, 5.41) is 8.45. The summed E-state index contributed by atoms with van der Waals surface area (Å²) in [5.41, 5.74) is 7.42. The van der Waals surface area contributed by atoms with Crippen LogP contribution in [0.4, 0.5) is 11.5 Å². The maximum Gasteiger partial charge on any atom is 0.137 e. The summed E-state index contributed by atoms with van der Waals surface area (Å²) in [4.78, 5) is 8.51. The minimum Gasteiger partial charge on any atom is -0.399 e. The highest BCUT2D eigenvalue weighted by molar-refractivity contribution is 5.91. The molecular weight excluding hydrogens is 252 g/mol. The number of nitrogens with two attached hydrogens (primary N) is 1. The first-order valence-corrected chi connectivity index (χ1v) is 6.54. The molecule has 3 rings (SSSR count). The zero-order valence-electron chi connectivity index (χ0n) is 11.0. The summed E-state index contributed by atoms with van der Waals surface area (Å²) in [7, 11) is 0. The Hall–Kier alpha value is -2.63. The van der Waals surface area contributed by atoms with Crippen LogP contribution in [0.15, 0.2) is 43.0 Å². The number of hydrogen-bond acceptors (Lipinski definition) is 5. The van der Waals surface area contributed by atoms with Gasteiger partial charge in [0.25, 0.3) is 0 Å². The van der Waals surface area contributed by atoms with Crippen molar-refractivity contribution in [3.63, 3.8) is 0 Å². The van der Waals surface area contributed by atoms with E-state index < -0.39 is 0 Å². The monoisotopic (exact) mass is 268 g/mol. The molecule has 2 heterocycles. The SMILES string of the molecule is Nc1ccc2ncnc(NCCCn3cccn3)c2c1. The van der Waals surface area contributed by atoms with Crippen LogP contribution in [0.5, 0.6) is 0 Å². The van der Waals surface area contributed by atoms with Crippen LogP contribution in [0.1, 0.15) is 6.42 Å². The Morgan fingerprint density at radius 1 is 1.25 bits per heavy atom. The minimum absolute atomic E-state index is 0.715. The van der Waals surface area contributed by atoms with Gasteiger partial charge in [0.15, 0.2) is 0 Å². The predicted molar refractivity (Wildman–Crippen MR) is 79.3 cm³/mol. The molecule has 0 aliphatic carbocycles. The fraction of sp³-hybridized carbons (Fsp3) is 0.214. The van der Waals surface area contributed by atoms with Crippen molar-refractivity contribution in [3.8, 4) is 0 Å². The number of nitrogens with zero attached hydrogens (tertiary/aromatic N) is 4. The first kappa shape index (κ1) is 12.4. The van der Waals surface area contributed by atoms with Crippen molar-refractivity contribution in [2.24, 2.45) is 0 Å². The second-order valence-electron chi connectivity index (χ2n) is 4.55. The molecule has 0 radical (unpaired) electrons. The van der Waals surface area contributed by atoms with Gasteiger partial charge in [-0.2, -0.15) is 5.10 Å². The highest BCUT2D eigenvalue weighted by Crippen LogP contribution is 2.21. The van der Waals surface area contributed by atoms with Gasteiger partial charge in [-0.3, -0.25) is 4.68 Å². The standard InChI is InChI=1S/C14H16N6/c15-11-3-4-13-12(9-11)14(18-10-17-13)16-5-1-7-20-8-2-6-19-20/h2-4,6,8-10H,1,5,7,15H2,(H,16,17,18). The molecule has 0 spiro atoms. The number of fused-ring (bicyclic) bond motifs is 1. The van der Waals surface area contributed by atoms with Gasteiger partial charge in [-0.1, -0.05) is 0 Å². The average molecular weight is 268 g/mol. The Bertz CT molecular complexity index is 692. The summed E-state index contributed by atoms with van der Waals surface area (Å²) in [6.07, 6.45) is 6.28. The molecule has 0 saturated carbocycles. The fourth-order valence-electron chi connectivity index (χ4n) is 2.10. The quantitative estimate of drug-likeness (QED) is 0.545. The topological polar surface area (TPSA) is 81.6 Å². The van der Waals surface area contributed by atoms with E-state index >= 15 is 0 Å². The van der Waals surface area contributed by atoms with Crippen molar-refractivity contribution in [1.82, 2.24) is 19.7 Å². The molecule has 0 aliphatic heterocycles.